The fraction of sp³-hybridized carbons (Fsp3) is 0.235. The second kappa shape index (κ2) is 10.5. The van der Waals surface area contributed by atoms with E-state index < -0.39 is 17.7 Å². The number of aryl methyl sites for hydroxylation is 3. The topological polar surface area (TPSA) is 90.1 Å². The van der Waals surface area contributed by atoms with Gasteiger partial charge in [0.05, 0.1) is 27.5 Å². The number of ether oxygens (including phenoxy) is 1. The van der Waals surface area contributed by atoms with Crippen LogP contribution in [0.15, 0.2) is 73.2 Å². The Morgan fingerprint density at radius 2 is 1.64 bits per heavy atom. The Balaban J connectivity index is 1.53. The Kier molecular flexibility index (Phi) is 6.91. The normalized spacial score (nSPS) is 12.7. The third kappa shape index (κ3) is 5.19. The molecule has 3 aromatic carbocycles. The molecule has 3 heterocycles. The minimum atomic E-state index is -1.14. The first kappa shape index (κ1) is 27.8. The smallest absolute Gasteiger partial charge is 0.337 e. The van der Waals surface area contributed by atoms with Gasteiger partial charge >= 0.3 is 5.97 Å². The molecule has 0 radical (unpaired) electrons. The average Bonchev–Trinajstić information content (AvgIpc) is 3.54. The van der Waals surface area contributed by atoms with Gasteiger partial charge in [-0.3, -0.25) is 9.67 Å². The van der Waals surface area contributed by atoms with Crippen molar-refractivity contribution in [1.29, 1.82) is 0 Å². The van der Waals surface area contributed by atoms with Gasteiger partial charge in [0.25, 0.3) is 0 Å². The van der Waals surface area contributed by atoms with Gasteiger partial charge < -0.3 is 9.84 Å². The predicted molar refractivity (Wildman–Crippen MR) is 169 cm³/mol. The highest BCUT2D eigenvalue weighted by Crippen LogP contribution is 2.44. The van der Waals surface area contributed by atoms with Crippen molar-refractivity contribution in [3.8, 4) is 32.8 Å². The number of hydrogen-bond donors (Lipinski definition) is 1. The molecule has 0 aliphatic rings. The van der Waals surface area contributed by atoms with Crippen molar-refractivity contribution in [2.45, 2.75) is 46.3 Å². The van der Waals surface area contributed by atoms with E-state index in [2.05, 4.69) is 34.3 Å². The van der Waals surface area contributed by atoms with Crippen molar-refractivity contribution in [2.75, 3.05) is 0 Å². The second-order valence-electron chi connectivity index (χ2n) is 11.7. The van der Waals surface area contributed by atoms with Gasteiger partial charge in [0.15, 0.2) is 6.10 Å². The molecule has 3 aromatic heterocycles. The maximum Gasteiger partial charge on any atom is 0.337 e. The Morgan fingerprint density at radius 3 is 2.36 bits per heavy atom. The maximum atomic E-state index is 12.6. The standard InChI is InChI=1S/C34H32N4O3S/c1-19-7-9-21(10-8-19)29-28(30(33(39)40)41-34(3,4)5)20(2)13-26-31(29)42-32(37-26)25-15-23(16-35-17-25)22-11-12-27-24(14-22)18-36-38(27)6/h7-18,30H,1-6H3,(H,39,40)/t30-/m0/s1. The lowest BCUT2D eigenvalue weighted by atomic mass is 9.91. The van der Waals surface area contributed by atoms with E-state index >= 15 is 0 Å². The number of aliphatic carboxylic acids is 1. The van der Waals surface area contributed by atoms with Crippen LogP contribution in [0.1, 0.15) is 43.6 Å². The van der Waals surface area contributed by atoms with Crippen molar-refractivity contribution in [3.05, 3.63) is 89.9 Å². The Bertz CT molecular complexity index is 1970. The third-order valence-corrected chi connectivity index (χ3v) is 8.43. The van der Waals surface area contributed by atoms with Crippen LogP contribution in [0.2, 0.25) is 0 Å². The number of benzene rings is 3. The van der Waals surface area contributed by atoms with Crippen LogP contribution in [0.4, 0.5) is 0 Å². The van der Waals surface area contributed by atoms with Crippen LogP contribution in [-0.4, -0.2) is 36.4 Å². The zero-order valence-electron chi connectivity index (χ0n) is 24.5. The molecular formula is C34H32N4O3S. The van der Waals surface area contributed by atoms with Crippen molar-refractivity contribution in [1.82, 2.24) is 19.7 Å². The second-order valence-corrected chi connectivity index (χ2v) is 12.7. The number of rotatable bonds is 6. The summed E-state index contributed by atoms with van der Waals surface area (Å²) in [5.41, 5.74) is 8.54. The summed E-state index contributed by atoms with van der Waals surface area (Å²) in [6, 6.07) is 18.5. The van der Waals surface area contributed by atoms with Crippen molar-refractivity contribution < 1.29 is 14.6 Å². The summed E-state index contributed by atoms with van der Waals surface area (Å²) in [5.74, 6) is -1.02. The summed E-state index contributed by atoms with van der Waals surface area (Å²) in [6.07, 6.45) is 4.41. The fourth-order valence-corrected chi connectivity index (χ4v) is 6.43. The summed E-state index contributed by atoms with van der Waals surface area (Å²) in [5, 5.41) is 16.6. The number of carbonyl (C=O) groups is 1. The number of thiazole rings is 1. The van der Waals surface area contributed by atoms with Gasteiger partial charge in [-0.05, 0) is 75.6 Å². The van der Waals surface area contributed by atoms with Crippen molar-refractivity contribution in [3.63, 3.8) is 0 Å². The van der Waals surface area contributed by atoms with Crippen LogP contribution >= 0.6 is 11.3 Å². The molecule has 0 spiro atoms. The van der Waals surface area contributed by atoms with Crippen LogP contribution < -0.4 is 0 Å². The molecule has 42 heavy (non-hydrogen) atoms. The van der Waals surface area contributed by atoms with Gasteiger partial charge in [0, 0.05) is 47.1 Å². The number of carboxylic acids is 1. The van der Waals surface area contributed by atoms with E-state index in [-0.39, 0.29) is 0 Å². The highest BCUT2D eigenvalue weighted by molar-refractivity contribution is 7.22. The molecule has 7 nitrogen and oxygen atoms in total. The van der Waals surface area contributed by atoms with Gasteiger partial charge in [-0.15, -0.1) is 11.3 Å². The lowest BCUT2D eigenvalue weighted by Crippen LogP contribution is -2.28. The molecule has 1 N–H and O–H groups in total. The molecule has 8 heteroatoms. The maximum absolute atomic E-state index is 12.6. The van der Waals surface area contributed by atoms with Crippen LogP contribution in [0, 0.1) is 13.8 Å². The van der Waals surface area contributed by atoms with E-state index in [4.69, 9.17) is 9.72 Å². The highest BCUT2D eigenvalue weighted by atomic mass is 32.1. The molecule has 0 amide bonds. The zero-order chi connectivity index (χ0) is 29.8. The van der Waals surface area contributed by atoms with Crippen LogP contribution in [-0.2, 0) is 16.6 Å². The first-order valence-electron chi connectivity index (χ1n) is 13.8. The van der Waals surface area contributed by atoms with E-state index in [0.29, 0.717) is 5.56 Å². The van der Waals surface area contributed by atoms with Crippen LogP contribution in [0.3, 0.4) is 0 Å². The van der Waals surface area contributed by atoms with Crippen LogP contribution in [0.25, 0.3) is 53.9 Å². The molecule has 0 aliphatic carbocycles. The quantitative estimate of drug-likeness (QED) is 0.215. The Hall–Kier alpha value is -4.40. The summed E-state index contributed by atoms with van der Waals surface area (Å²) >= 11 is 1.54. The molecule has 0 aliphatic heterocycles. The molecule has 6 aromatic rings. The summed E-state index contributed by atoms with van der Waals surface area (Å²) in [4.78, 5) is 22.2. The van der Waals surface area contributed by atoms with E-state index in [1.807, 2.05) is 95.3 Å². The molecule has 212 valence electrons. The number of carboxylic acid groups (broad SMARTS) is 1. The molecule has 0 unspecified atom stereocenters. The van der Waals surface area contributed by atoms with E-state index in [1.54, 1.807) is 11.3 Å². The van der Waals surface area contributed by atoms with E-state index in [1.165, 1.54) is 0 Å². The lowest BCUT2D eigenvalue weighted by molar-refractivity contribution is -0.160. The molecule has 0 bridgehead atoms. The predicted octanol–water partition coefficient (Wildman–Crippen LogP) is 8.14. The Labute approximate surface area is 248 Å². The minimum absolute atomic E-state index is 0.653. The molecule has 1 atom stereocenters. The van der Waals surface area contributed by atoms with E-state index in [0.717, 1.165) is 65.1 Å². The molecule has 0 fully saturated rings. The number of aromatic nitrogens is 4. The Morgan fingerprint density at radius 1 is 0.929 bits per heavy atom. The summed E-state index contributed by atoms with van der Waals surface area (Å²) in [6.45, 7) is 9.60. The largest absolute Gasteiger partial charge is 0.479 e. The number of hydrogen-bond acceptors (Lipinski definition) is 6. The molecule has 6 rings (SSSR count). The number of nitrogens with zero attached hydrogens (tertiary/aromatic N) is 4. The van der Waals surface area contributed by atoms with Crippen molar-refractivity contribution in [2.24, 2.45) is 7.05 Å². The summed E-state index contributed by atoms with van der Waals surface area (Å²) in [7, 11) is 1.93. The monoisotopic (exact) mass is 576 g/mol. The molecule has 0 saturated heterocycles. The first-order valence-corrected chi connectivity index (χ1v) is 14.6. The average molecular weight is 577 g/mol. The van der Waals surface area contributed by atoms with E-state index in [9.17, 15) is 9.90 Å². The van der Waals surface area contributed by atoms with Crippen molar-refractivity contribution >= 4 is 38.4 Å². The SMILES string of the molecule is Cc1ccc(-c2c([C@H](OC(C)(C)C)C(=O)O)c(C)cc3nc(-c4cncc(-c5ccc6c(cnn6C)c5)c4)sc23)cc1. The van der Waals surface area contributed by atoms with Gasteiger partial charge in [0.2, 0.25) is 0 Å². The van der Waals surface area contributed by atoms with Gasteiger partial charge in [-0.25, -0.2) is 9.78 Å². The zero-order valence-corrected chi connectivity index (χ0v) is 25.3. The summed E-state index contributed by atoms with van der Waals surface area (Å²) < 4.78 is 8.93. The fourth-order valence-electron chi connectivity index (χ4n) is 5.32. The number of pyridine rings is 1. The highest BCUT2D eigenvalue weighted by Gasteiger charge is 2.32. The lowest BCUT2D eigenvalue weighted by Gasteiger charge is -2.28. The minimum Gasteiger partial charge on any atom is -0.479 e. The third-order valence-electron chi connectivity index (χ3n) is 7.29. The van der Waals surface area contributed by atoms with Gasteiger partial charge in [-0.1, -0.05) is 35.9 Å². The van der Waals surface area contributed by atoms with Gasteiger partial charge in [-0.2, -0.15) is 5.10 Å². The molecular weight excluding hydrogens is 544 g/mol. The molecule has 0 saturated carbocycles. The van der Waals surface area contributed by atoms with Gasteiger partial charge in [0.1, 0.15) is 5.01 Å². The number of fused-ring (bicyclic) bond motifs is 2. The first-order chi connectivity index (χ1) is 20.0. The van der Waals surface area contributed by atoms with Crippen LogP contribution in [0.5, 0.6) is 0 Å².